The third-order valence-electron chi connectivity index (χ3n) is 11.4. The Balaban J connectivity index is 0.935. The van der Waals surface area contributed by atoms with Crippen LogP contribution in [0, 0.1) is 0 Å². The first-order valence-electron chi connectivity index (χ1n) is 20.7. The van der Waals surface area contributed by atoms with E-state index < -0.39 is 80.9 Å². The lowest BCUT2D eigenvalue weighted by Gasteiger charge is -2.13. The van der Waals surface area contributed by atoms with Crippen LogP contribution in [0.4, 0.5) is 52.7 Å². The molecule has 350 valence electrons. The molecule has 0 radical (unpaired) electrons. The highest BCUT2D eigenvalue weighted by Gasteiger charge is 2.42. The topological polar surface area (TPSA) is 77.8 Å². The molecule has 0 aliphatic heterocycles. The Labute approximate surface area is 386 Å². The number of nitrogens with zero attached hydrogens (tertiary/aromatic N) is 4. The molecule has 0 bridgehead atoms. The van der Waals surface area contributed by atoms with Crippen molar-refractivity contribution in [2.45, 2.75) is 24.7 Å². The van der Waals surface area contributed by atoms with E-state index in [4.69, 9.17) is 13.8 Å². The van der Waals surface area contributed by atoms with Gasteiger partial charge in [-0.05, 0) is 101 Å². The monoisotopic (exact) mass is 966 g/mol. The van der Waals surface area contributed by atoms with Crippen LogP contribution in [0.1, 0.15) is 22.3 Å². The zero-order valence-electron chi connectivity index (χ0n) is 35.2. The standard InChI is InChI=1S/C52H26F12N4O2/c53-49(54,55)36-21-23-38(51(59,60)61)45-43(36)67-47(69-45)33-16-8-29(9-17-33)27-4-12-31(13-5-27)35-20-25-41(40-3-1-2-26-65-40)66-42(35)32-14-6-28(7-15-32)30-10-18-34(19-11-30)48-68-44-37(50(56,57)58)22-24-39(46(44)70-48)52(62,63)64/h1-26H. The maximum Gasteiger partial charge on any atom is 0.420 e. The molecule has 6 nitrogen and oxygen atoms in total. The Morgan fingerprint density at radius 1 is 0.314 bits per heavy atom. The van der Waals surface area contributed by atoms with Gasteiger partial charge in [0.25, 0.3) is 0 Å². The highest BCUT2D eigenvalue weighted by atomic mass is 19.4. The zero-order valence-corrected chi connectivity index (χ0v) is 35.2. The van der Waals surface area contributed by atoms with Crippen LogP contribution in [-0.2, 0) is 24.7 Å². The smallest absolute Gasteiger partial charge is 0.420 e. The molecule has 0 saturated heterocycles. The second-order valence-corrected chi connectivity index (χ2v) is 15.8. The summed E-state index contributed by atoms with van der Waals surface area (Å²) in [4.78, 5) is 17.1. The van der Waals surface area contributed by atoms with Gasteiger partial charge in [-0.3, -0.25) is 4.98 Å². The highest BCUT2D eigenvalue weighted by molar-refractivity contribution is 5.87. The predicted octanol–water partition coefficient (Wildman–Crippen LogP) is 16.5. The summed E-state index contributed by atoms with van der Waals surface area (Å²) < 4.78 is 175. The van der Waals surface area contributed by atoms with Crippen LogP contribution in [0.5, 0.6) is 0 Å². The normalized spacial score (nSPS) is 12.6. The van der Waals surface area contributed by atoms with Crippen molar-refractivity contribution >= 4 is 22.2 Å². The van der Waals surface area contributed by atoms with Crippen molar-refractivity contribution in [3.8, 4) is 78.9 Å². The van der Waals surface area contributed by atoms with Crippen molar-refractivity contribution in [3.05, 3.63) is 180 Å². The van der Waals surface area contributed by atoms with Gasteiger partial charge in [-0.15, -0.1) is 0 Å². The lowest BCUT2D eigenvalue weighted by Crippen LogP contribution is -2.10. The van der Waals surface area contributed by atoms with Gasteiger partial charge in [-0.2, -0.15) is 52.7 Å². The Morgan fingerprint density at radius 2 is 0.686 bits per heavy atom. The van der Waals surface area contributed by atoms with Gasteiger partial charge in [0.05, 0.1) is 28.2 Å². The van der Waals surface area contributed by atoms with E-state index in [1.165, 1.54) is 24.3 Å². The van der Waals surface area contributed by atoms with Crippen LogP contribution in [0.3, 0.4) is 0 Å². The van der Waals surface area contributed by atoms with Gasteiger partial charge in [0.2, 0.25) is 11.8 Å². The second kappa shape index (κ2) is 16.7. The Kier molecular flexibility index (Phi) is 10.9. The predicted molar refractivity (Wildman–Crippen MR) is 235 cm³/mol. The molecule has 4 aromatic heterocycles. The number of fused-ring (bicyclic) bond motifs is 2. The molecule has 10 rings (SSSR count). The van der Waals surface area contributed by atoms with E-state index in [0.29, 0.717) is 58.0 Å². The summed E-state index contributed by atoms with van der Waals surface area (Å²) in [5, 5.41) is 0. The lowest BCUT2D eigenvalue weighted by atomic mass is 9.95. The Hall–Kier alpha value is -8.28. The molecule has 0 unspecified atom stereocenters. The number of rotatable bonds is 7. The highest BCUT2D eigenvalue weighted by Crippen LogP contribution is 2.45. The molecule has 4 heterocycles. The SMILES string of the molecule is FC(F)(F)c1ccc(C(F)(F)F)c2oc(-c3ccc(-c4ccc(-c5ccc(-c6ccccn6)nc5-c5ccc(-c6ccc(-c7nc8c(C(F)(F)F)ccc(C(F)(F)F)c8o7)cc6)cc5)cc4)cc3)nc12. The van der Waals surface area contributed by atoms with Gasteiger partial charge in [-0.1, -0.05) is 78.9 Å². The third-order valence-corrected chi connectivity index (χ3v) is 11.4. The molecule has 10 aromatic rings. The molecule has 0 aliphatic carbocycles. The van der Waals surface area contributed by atoms with E-state index in [1.54, 1.807) is 36.5 Å². The molecule has 18 heteroatoms. The minimum atomic E-state index is -4.99. The van der Waals surface area contributed by atoms with Crippen LogP contribution in [0.15, 0.2) is 167 Å². The summed E-state index contributed by atoms with van der Waals surface area (Å²) in [5.74, 6) is -0.840. The number of aromatic nitrogens is 4. The zero-order chi connectivity index (χ0) is 49.3. The minimum Gasteiger partial charge on any atom is -0.435 e. The number of hydrogen-bond donors (Lipinski definition) is 0. The molecule has 6 aromatic carbocycles. The fourth-order valence-electron chi connectivity index (χ4n) is 8.01. The summed E-state index contributed by atoms with van der Waals surface area (Å²) >= 11 is 0. The number of hydrogen-bond acceptors (Lipinski definition) is 6. The van der Waals surface area contributed by atoms with Gasteiger partial charge in [0.15, 0.2) is 11.2 Å². The van der Waals surface area contributed by atoms with E-state index in [1.807, 2.05) is 72.8 Å². The van der Waals surface area contributed by atoms with Gasteiger partial charge in [-0.25, -0.2) is 15.0 Å². The average molecular weight is 967 g/mol. The molecule has 0 aliphatic rings. The summed E-state index contributed by atoms with van der Waals surface area (Å²) in [6, 6.07) is 37.6. The third kappa shape index (κ3) is 8.60. The van der Waals surface area contributed by atoms with Crippen molar-refractivity contribution in [2.75, 3.05) is 0 Å². The van der Waals surface area contributed by atoms with Gasteiger partial charge >= 0.3 is 24.7 Å². The Bertz CT molecular complexity index is 3460. The molecule has 70 heavy (non-hydrogen) atoms. The number of alkyl halides is 12. The van der Waals surface area contributed by atoms with Crippen molar-refractivity contribution in [3.63, 3.8) is 0 Å². The molecule has 0 amide bonds. The molecular weight excluding hydrogens is 941 g/mol. The van der Waals surface area contributed by atoms with Crippen molar-refractivity contribution in [1.29, 1.82) is 0 Å². The first-order chi connectivity index (χ1) is 33.2. The summed E-state index contributed by atoms with van der Waals surface area (Å²) in [7, 11) is 0. The lowest BCUT2D eigenvalue weighted by molar-refractivity contribution is -0.139. The number of halogens is 12. The largest absolute Gasteiger partial charge is 0.435 e. The molecule has 0 N–H and O–H groups in total. The second-order valence-electron chi connectivity index (χ2n) is 15.8. The van der Waals surface area contributed by atoms with Crippen molar-refractivity contribution in [2.24, 2.45) is 0 Å². The molecular formula is C52H26F12N4O2. The first kappa shape index (κ1) is 45.5. The van der Waals surface area contributed by atoms with E-state index in [2.05, 4.69) is 15.0 Å². The van der Waals surface area contributed by atoms with E-state index in [-0.39, 0.29) is 11.1 Å². The fourth-order valence-corrected chi connectivity index (χ4v) is 8.01. The van der Waals surface area contributed by atoms with E-state index in [9.17, 15) is 52.7 Å². The first-order valence-corrected chi connectivity index (χ1v) is 20.7. The molecule has 0 fully saturated rings. The van der Waals surface area contributed by atoms with Crippen LogP contribution in [-0.4, -0.2) is 19.9 Å². The molecule has 0 saturated carbocycles. The van der Waals surface area contributed by atoms with Gasteiger partial charge < -0.3 is 8.83 Å². The number of benzene rings is 6. The van der Waals surface area contributed by atoms with Crippen LogP contribution in [0.25, 0.3) is 101 Å². The maximum atomic E-state index is 13.7. The van der Waals surface area contributed by atoms with Crippen LogP contribution >= 0.6 is 0 Å². The van der Waals surface area contributed by atoms with Gasteiger partial charge in [0.1, 0.15) is 22.2 Å². The number of oxazole rings is 2. The van der Waals surface area contributed by atoms with Crippen molar-refractivity contribution < 1.29 is 61.5 Å². The fraction of sp³-hybridized carbons (Fsp3) is 0.0769. The van der Waals surface area contributed by atoms with E-state index in [0.717, 1.165) is 22.3 Å². The number of pyridine rings is 2. The van der Waals surface area contributed by atoms with E-state index >= 15 is 0 Å². The van der Waals surface area contributed by atoms with Crippen LogP contribution in [0.2, 0.25) is 0 Å². The quantitative estimate of drug-likeness (QED) is 0.148. The summed E-state index contributed by atoms with van der Waals surface area (Å²) in [6.45, 7) is 0. The van der Waals surface area contributed by atoms with Crippen LogP contribution < -0.4 is 0 Å². The minimum absolute atomic E-state index is 0.151. The van der Waals surface area contributed by atoms with Gasteiger partial charge in [0, 0.05) is 28.5 Å². The maximum absolute atomic E-state index is 13.7. The van der Waals surface area contributed by atoms with Crippen molar-refractivity contribution in [1.82, 2.24) is 19.9 Å². The Morgan fingerprint density at radius 3 is 1.07 bits per heavy atom. The summed E-state index contributed by atoms with van der Waals surface area (Å²) in [5.41, 5.74) is -2.31. The molecule has 0 spiro atoms. The average Bonchev–Trinajstić information content (AvgIpc) is 3.99. The summed E-state index contributed by atoms with van der Waals surface area (Å²) in [6.07, 6.45) is -18.3. The molecule has 0 atom stereocenters.